The summed E-state index contributed by atoms with van der Waals surface area (Å²) in [5.74, 6) is 0.0285. The fourth-order valence-electron chi connectivity index (χ4n) is 3.75. The van der Waals surface area contributed by atoms with E-state index < -0.39 is 0 Å². The van der Waals surface area contributed by atoms with E-state index in [1.54, 1.807) is 11.9 Å². The number of likely N-dealkylation sites (tertiary alicyclic amines) is 1. The van der Waals surface area contributed by atoms with Crippen LogP contribution >= 0.6 is 0 Å². The van der Waals surface area contributed by atoms with Crippen LogP contribution in [0.4, 0.5) is 4.79 Å². The van der Waals surface area contributed by atoms with E-state index in [0.717, 1.165) is 24.9 Å². The van der Waals surface area contributed by atoms with Gasteiger partial charge in [-0.05, 0) is 30.9 Å². The first-order valence-electron chi connectivity index (χ1n) is 9.93. The van der Waals surface area contributed by atoms with E-state index in [4.69, 9.17) is 0 Å². The van der Waals surface area contributed by atoms with Crippen molar-refractivity contribution in [2.75, 3.05) is 20.1 Å². The number of urea groups is 1. The molecule has 0 saturated carbocycles. The van der Waals surface area contributed by atoms with Crippen molar-refractivity contribution >= 4 is 11.9 Å². The maximum absolute atomic E-state index is 12.6. The van der Waals surface area contributed by atoms with Gasteiger partial charge in [0.2, 0.25) is 5.91 Å². The van der Waals surface area contributed by atoms with Crippen LogP contribution in [0.2, 0.25) is 0 Å². The minimum Gasteiger partial charge on any atom is -0.341 e. The maximum atomic E-state index is 12.6. The minimum absolute atomic E-state index is 0.0285. The number of nitrogens with zero attached hydrogens (tertiary/aromatic N) is 2. The highest BCUT2D eigenvalue weighted by Crippen LogP contribution is 2.32. The van der Waals surface area contributed by atoms with E-state index in [2.05, 4.69) is 30.4 Å². The van der Waals surface area contributed by atoms with Crippen molar-refractivity contribution in [3.63, 3.8) is 0 Å². The number of carbonyl (C=O) groups excluding carboxylic acids is 2. The van der Waals surface area contributed by atoms with Gasteiger partial charge in [-0.25, -0.2) is 4.79 Å². The number of hydrogen-bond donors (Lipinski definition) is 1. The summed E-state index contributed by atoms with van der Waals surface area (Å²) in [6.07, 6.45) is 2.29. The third kappa shape index (κ3) is 5.12. The maximum Gasteiger partial charge on any atom is 0.317 e. The summed E-state index contributed by atoms with van der Waals surface area (Å²) >= 11 is 0. The molecule has 1 N–H and O–H groups in total. The van der Waals surface area contributed by atoms with Crippen molar-refractivity contribution in [3.8, 4) is 0 Å². The van der Waals surface area contributed by atoms with Crippen LogP contribution in [0.5, 0.6) is 0 Å². The van der Waals surface area contributed by atoms with Crippen LogP contribution < -0.4 is 5.32 Å². The Bertz CT molecular complexity index is 807. The molecule has 1 aliphatic rings. The SMILES string of the molecule is Cc1cccc(C2CCCN2C(=O)NCCC(=O)N(C)Cc2ccccc2)c1. The number of amides is 3. The molecule has 0 bridgehead atoms. The molecule has 3 amide bonds. The van der Waals surface area contributed by atoms with Crippen LogP contribution in [-0.4, -0.2) is 41.9 Å². The second-order valence-electron chi connectivity index (χ2n) is 7.48. The van der Waals surface area contributed by atoms with E-state index in [1.807, 2.05) is 41.3 Å². The van der Waals surface area contributed by atoms with E-state index in [0.29, 0.717) is 19.5 Å². The van der Waals surface area contributed by atoms with E-state index >= 15 is 0 Å². The second kappa shape index (κ2) is 9.40. The van der Waals surface area contributed by atoms with Crippen LogP contribution in [0, 0.1) is 6.92 Å². The molecule has 1 atom stereocenters. The quantitative estimate of drug-likeness (QED) is 0.828. The predicted molar refractivity (Wildman–Crippen MR) is 111 cm³/mol. The average Bonchev–Trinajstić information content (AvgIpc) is 3.18. The largest absolute Gasteiger partial charge is 0.341 e. The molecule has 3 rings (SSSR count). The molecule has 2 aromatic rings. The summed E-state index contributed by atoms with van der Waals surface area (Å²) < 4.78 is 0. The van der Waals surface area contributed by atoms with Crippen molar-refractivity contribution in [2.24, 2.45) is 0 Å². The van der Waals surface area contributed by atoms with Crippen molar-refractivity contribution in [3.05, 3.63) is 71.3 Å². The highest BCUT2D eigenvalue weighted by Gasteiger charge is 2.29. The fraction of sp³-hybridized carbons (Fsp3) is 0.391. The van der Waals surface area contributed by atoms with Crippen LogP contribution in [-0.2, 0) is 11.3 Å². The number of rotatable bonds is 6. The molecule has 0 aromatic heterocycles. The molecular weight excluding hydrogens is 350 g/mol. The molecule has 5 nitrogen and oxygen atoms in total. The Morgan fingerprint density at radius 1 is 1.14 bits per heavy atom. The fourth-order valence-corrected chi connectivity index (χ4v) is 3.75. The van der Waals surface area contributed by atoms with Gasteiger partial charge in [0.1, 0.15) is 0 Å². The Kier molecular flexibility index (Phi) is 6.69. The van der Waals surface area contributed by atoms with Crippen LogP contribution in [0.15, 0.2) is 54.6 Å². The van der Waals surface area contributed by atoms with Gasteiger partial charge in [0, 0.05) is 33.1 Å². The van der Waals surface area contributed by atoms with Gasteiger partial charge in [-0.1, -0.05) is 60.2 Å². The van der Waals surface area contributed by atoms with Gasteiger partial charge in [0.15, 0.2) is 0 Å². The first-order valence-corrected chi connectivity index (χ1v) is 9.93. The Labute approximate surface area is 167 Å². The van der Waals surface area contributed by atoms with Crippen molar-refractivity contribution in [1.82, 2.24) is 15.1 Å². The summed E-state index contributed by atoms with van der Waals surface area (Å²) in [5, 5.41) is 2.93. The minimum atomic E-state index is -0.0810. The molecule has 1 aliphatic heterocycles. The first-order chi connectivity index (χ1) is 13.5. The van der Waals surface area contributed by atoms with Gasteiger partial charge in [-0.15, -0.1) is 0 Å². The second-order valence-corrected chi connectivity index (χ2v) is 7.48. The lowest BCUT2D eigenvalue weighted by Crippen LogP contribution is -2.41. The van der Waals surface area contributed by atoms with Crippen molar-refractivity contribution in [2.45, 2.75) is 38.8 Å². The van der Waals surface area contributed by atoms with Gasteiger partial charge in [0.25, 0.3) is 0 Å². The highest BCUT2D eigenvalue weighted by molar-refractivity contribution is 5.78. The zero-order chi connectivity index (χ0) is 19.9. The standard InChI is InChI=1S/C23H29N3O2/c1-18-8-6-11-20(16-18)21-12-7-15-26(21)23(28)24-14-13-22(27)25(2)17-19-9-4-3-5-10-19/h3-6,8-11,16,21H,7,12-15,17H2,1-2H3,(H,24,28). The number of carbonyl (C=O) groups is 2. The number of benzene rings is 2. The van der Waals surface area contributed by atoms with Gasteiger partial charge in [0.05, 0.1) is 6.04 Å². The molecule has 5 heteroatoms. The Hall–Kier alpha value is -2.82. The summed E-state index contributed by atoms with van der Waals surface area (Å²) in [6, 6.07) is 18.3. The summed E-state index contributed by atoms with van der Waals surface area (Å²) in [6.45, 7) is 3.76. The number of nitrogens with one attached hydrogen (secondary N) is 1. The highest BCUT2D eigenvalue weighted by atomic mass is 16.2. The first kappa shape index (κ1) is 19.9. The lowest BCUT2D eigenvalue weighted by Gasteiger charge is -2.26. The summed E-state index contributed by atoms with van der Waals surface area (Å²) in [4.78, 5) is 28.6. The molecule has 148 valence electrons. The van der Waals surface area contributed by atoms with E-state index in [-0.39, 0.29) is 18.0 Å². The van der Waals surface area contributed by atoms with Gasteiger partial charge in [-0.2, -0.15) is 0 Å². The van der Waals surface area contributed by atoms with Gasteiger partial charge in [-0.3, -0.25) is 4.79 Å². The molecule has 2 aromatic carbocycles. The molecule has 0 aliphatic carbocycles. The predicted octanol–water partition coefficient (Wildman–Crippen LogP) is 3.89. The summed E-state index contributed by atoms with van der Waals surface area (Å²) in [5.41, 5.74) is 3.49. The normalized spacial score (nSPS) is 16.1. The third-order valence-electron chi connectivity index (χ3n) is 5.24. The number of hydrogen-bond acceptors (Lipinski definition) is 2. The molecule has 1 saturated heterocycles. The number of aryl methyl sites for hydroxylation is 1. The molecule has 0 radical (unpaired) electrons. The lowest BCUT2D eigenvalue weighted by molar-refractivity contribution is -0.130. The van der Waals surface area contributed by atoms with Gasteiger partial charge >= 0.3 is 6.03 Å². The molecule has 0 spiro atoms. The molecular formula is C23H29N3O2. The topological polar surface area (TPSA) is 52.7 Å². The monoisotopic (exact) mass is 379 g/mol. The molecule has 1 heterocycles. The Morgan fingerprint density at radius 2 is 1.93 bits per heavy atom. The van der Waals surface area contributed by atoms with Crippen LogP contribution in [0.25, 0.3) is 0 Å². The van der Waals surface area contributed by atoms with E-state index in [9.17, 15) is 9.59 Å². The molecule has 1 unspecified atom stereocenters. The average molecular weight is 380 g/mol. The van der Waals surface area contributed by atoms with Crippen LogP contribution in [0.1, 0.15) is 42.0 Å². The molecule has 28 heavy (non-hydrogen) atoms. The summed E-state index contributed by atoms with van der Waals surface area (Å²) in [7, 11) is 1.80. The zero-order valence-corrected chi connectivity index (χ0v) is 16.7. The lowest BCUT2D eigenvalue weighted by atomic mass is 10.0. The molecule has 1 fully saturated rings. The van der Waals surface area contributed by atoms with E-state index in [1.165, 1.54) is 11.1 Å². The Morgan fingerprint density at radius 3 is 2.68 bits per heavy atom. The van der Waals surface area contributed by atoms with Gasteiger partial charge < -0.3 is 15.1 Å². The third-order valence-corrected chi connectivity index (χ3v) is 5.24. The Balaban J connectivity index is 1.47. The zero-order valence-electron chi connectivity index (χ0n) is 16.7. The smallest absolute Gasteiger partial charge is 0.317 e. The van der Waals surface area contributed by atoms with Crippen LogP contribution in [0.3, 0.4) is 0 Å². The van der Waals surface area contributed by atoms with Crippen molar-refractivity contribution in [1.29, 1.82) is 0 Å². The van der Waals surface area contributed by atoms with Crippen molar-refractivity contribution < 1.29 is 9.59 Å².